The van der Waals surface area contributed by atoms with E-state index in [0.29, 0.717) is 0 Å². The third-order valence-electron chi connectivity index (χ3n) is 4.48. The lowest BCUT2D eigenvalue weighted by molar-refractivity contribution is 0.0119. The van der Waals surface area contributed by atoms with Crippen LogP contribution in [0.5, 0.6) is 0 Å². The monoisotopic (exact) mass is 437 g/mol. The van der Waals surface area contributed by atoms with Crippen LogP contribution < -0.4 is 0 Å². The summed E-state index contributed by atoms with van der Waals surface area (Å²) < 4.78 is 5.97. The lowest BCUT2D eigenvalue weighted by Crippen LogP contribution is -2.29. The Hall–Kier alpha value is -1.06. The second-order valence-electron chi connectivity index (χ2n) is 6.92. The molecular formula is C27H51NOS. The first-order valence-corrected chi connectivity index (χ1v) is 12.6. The molecule has 0 saturated carbocycles. The molecule has 0 N–H and O–H groups in total. The number of nitrogens with zero attached hydrogens (tertiary/aromatic N) is 1. The Morgan fingerprint density at radius 2 is 1.53 bits per heavy atom. The van der Waals surface area contributed by atoms with E-state index in [1.807, 2.05) is 27.7 Å². The van der Waals surface area contributed by atoms with Gasteiger partial charge in [0.2, 0.25) is 0 Å². The van der Waals surface area contributed by atoms with Crippen molar-refractivity contribution >= 4 is 16.8 Å². The van der Waals surface area contributed by atoms with Gasteiger partial charge in [-0.3, -0.25) is 4.99 Å². The highest BCUT2D eigenvalue weighted by molar-refractivity contribution is 8.17. The van der Waals surface area contributed by atoms with E-state index in [1.54, 1.807) is 18.0 Å². The van der Waals surface area contributed by atoms with Crippen molar-refractivity contribution < 1.29 is 4.74 Å². The summed E-state index contributed by atoms with van der Waals surface area (Å²) in [6.07, 6.45) is 13.0. The molecule has 1 rings (SSSR count). The zero-order valence-electron chi connectivity index (χ0n) is 21.9. The molecule has 1 aliphatic heterocycles. The maximum Gasteiger partial charge on any atom is 0.0935 e. The molecule has 0 aliphatic carbocycles. The van der Waals surface area contributed by atoms with Crippen molar-refractivity contribution in [3.63, 3.8) is 0 Å². The highest BCUT2D eigenvalue weighted by atomic mass is 32.2. The maximum atomic E-state index is 5.97. The third-order valence-corrected chi connectivity index (χ3v) is 5.44. The number of unbranched alkanes of at least 4 members (excludes halogenated alkanes) is 1. The second kappa shape index (κ2) is 22.6. The van der Waals surface area contributed by atoms with Gasteiger partial charge in [-0.15, -0.1) is 0 Å². The molecule has 0 spiro atoms. The Kier molecular flexibility index (Phi) is 25.3. The van der Waals surface area contributed by atoms with Gasteiger partial charge in [-0.25, -0.2) is 0 Å². The van der Waals surface area contributed by atoms with Gasteiger partial charge in [-0.05, 0) is 56.6 Å². The SMILES string of the molecule is C=C1COC(CCC)(CCC)/C1=C/C.C=CN=C(C)S/C(C)=C/C.CC.CCCC. The van der Waals surface area contributed by atoms with Crippen molar-refractivity contribution in [2.24, 2.45) is 4.99 Å². The molecule has 1 aliphatic rings. The largest absolute Gasteiger partial charge is 0.366 e. The molecule has 0 aromatic heterocycles. The normalized spacial score (nSPS) is 16.6. The van der Waals surface area contributed by atoms with E-state index in [-0.39, 0.29) is 5.60 Å². The number of hydrogen-bond acceptors (Lipinski definition) is 3. The first kappa shape index (κ1) is 33.6. The van der Waals surface area contributed by atoms with Crippen molar-refractivity contribution in [3.05, 3.63) is 47.6 Å². The highest BCUT2D eigenvalue weighted by Gasteiger charge is 2.39. The summed E-state index contributed by atoms with van der Waals surface area (Å²) in [7, 11) is 0. The average molecular weight is 438 g/mol. The van der Waals surface area contributed by atoms with Crippen LogP contribution in [0.3, 0.4) is 0 Å². The lowest BCUT2D eigenvalue weighted by Gasteiger charge is -2.29. The standard InChI is InChI=1S/C13H22O.C8H13NS.C4H10.C2H6/c1-5-8-13(9-6-2)12(7-3)11(4)10-14-13;1-5-7(3)10-8(4)9-6-2;1-3-4-2;1-2/h7H,4-6,8-10H2,1-3H3;5-6H,2H2,1,3-4H3;3-4H2,1-2H3;1-2H3/b12-7+;7-5+,9-8?;;. The summed E-state index contributed by atoms with van der Waals surface area (Å²) in [5.74, 6) is 0. The molecule has 0 unspecified atom stereocenters. The molecule has 0 aromatic rings. The van der Waals surface area contributed by atoms with Gasteiger partial charge in [-0.2, -0.15) is 0 Å². The molecule has 0 aromatic carbocycles. The quantitative estimate of drug-likeness (QED) is 0.292. The molecule has 1 fully saturated rings. The number of ether oxygens (including phenoxy) is 1. The van der Waals surface area contributed by atoms with E-state index in [2.05, 4.69) is 71.8 Å². The second-order valence-corrected chi connectivity index (χ2v) is 8.36. The molecule has 1 saturated heterocycles. The molecule has 0 bridgehead atoms. The summed E-state index contributed by atoms with van der Waals surface area (Å²) in [6.45, 7) is 29.2. The van der Waals surface area contributed by atoms with E-state index >= 15 is 0 Å². The van der Waals surface area contributed by atoms with Gasteiger partial charge in [0, 0.05) is 6.20 Å². The molecule has 2 nitrogen and oxygen atoms in total. The Bertz CT molecular complexity index is 521. The molecule has 1 heterocycles. The van der Waals surface area contributed by atoms with Gasteiger partial charge in [0.15, 0.2) is 0 Å². The number of hydrogen-bond donors (Lipinski definition) is 0. The summed E-state index contributed by atoms with van der Waals surface area (Å²) in [5.41, 5.74) is 2.52. The van der Waals surface area contributed by atoms with Crippen LogP contribution >= 0.6 is 11.8 Å². The summed E-state index contributed by atoms with van der Waals surface area (Å²) in [6, 6.07) is 0. The molecule has 3 heteroatoms. The van der Waals surface area contributed by atoms with Gasteiger partial charge >= 0.3 is 0 Å². The lowest BCUT2D eigenvalue weighted by atomic mass is 9.83. The van der Waals surface area contributed by atoms with Crippen molar-refractivity contribution in [1.82, 2.24) is 0 Å². The van der Waals surface area contributed by atoms with Crippen LogP contribution in [0, 0.1) is 0 Å². The maximum absolute atomic E-state index is 5.97. The van der Waals surface area contributed by atoms with Crippen LogP contribution in [0.1, 0.15) is 108 Å². The van der Waals surface area contributed by atoms with Crippen molar-refractivity contribution in [3.8, 4) is 0 Å². The molecule has 30 heavy (non-hydrogen) atoms. The van der Waals surface area contributed by atoms with Gasteiger partial charge in [0.05, 0.1) is 17.3 Å². The van der Waals surface area contributed by atoms with Crippen LogP contribution in [0.2, 0.25) is 0 Å². The van der Waals surface area contributed by atoms with Crippen LogP contribution in [-0.4, -0.2) is 17.3 Å². The van der Waals surface area contributed by atoms with Crippen LogP contribution in [-0.2, 0) is 4.74 Å². The summed E-state index contributed by atoms with van der Waals surface area (Å²) in [5, 5.41) is 1.03. The number of rotatable bonds is 7. The van der Waals surface area contributed by atoms with E-state index < -0.39 is 0 Å². The topological polar surface area (TPSA) is 21.6 Å². The smallest absolute Gasteiger partial charge is 0.0935 e. The van der Waals surface area contributed by atoms with E-state index in [0.717, 1.165) is 24.5 Å². The molecule has 0 radical (unpaired) electrons. The average Bonchev–Trinajstić information content (AvgIpc) is 3.05. The molecule has 176 valence electrons. The number of aliphatic imine (C=N–C) groups is 1. The predicted octanol–water partition coefficient (Wildman–Crippen LogP) is 9.90. The third kappa shape index (κ3) is 14.8. The zero-order valence-corrected chi connectivity index (χ0v) is 22.7. The molecule has 0 atom stereocenters. The Balaban J connectivity index is -0.000000399. The van der Waals surface area contributed by atoms with Crippen LogP contribution in [0.25, 0.3) is 0 Å². The fourth-order valence-electron chi connectivity index (χ4n) is 2.96. The van der Waals surface area contributed by atoms with Crippen LogP contribution in [0.15, 0.2) is 52.6 Å². The fourth-order valence-corrected chi connectivity index (χ4v) is 3.67. The minimum Gasteiger partial charge on any atom is -0.366 e. The van der Waals surface area contributed by atoms with Crippen LogP contribution in [0.4, 0.5) is 0 Å². The Labute approximate surface area is 194 Å². The van der Waals surface area contributed by atoms with E-state index in [9.17, 15) is 0 Å². The van der Waals surface area contributed by atoms with E-state index in [4.69, 9.17) is 4.74 Å². The van der Waals surface area contributed by atoms with E-state index in [1.165, 1.54) is 41.7 Å². The molecule has 0 amide bonds. The Morgan fingerprint density at radius 1 is 1.03 bits per heavy atom. The first-order chi connectivity index (χ1) is 14.3. The summed E-state index contributed by atoms with van der Waals surface area (Å²) in [4.78, 5) is 5.28. The zero-order chi connectivity index (χ0) is 24.0. The van der Waals surface area contributed by atoms with Crippen molar-refractivity contribution in [1.29, 1.82) is 0 Å². The van der Waals surface area contributed by atoms with Gasteiger partial charge in [0.1, 0.15) is 0 Å². The minimum atomic E-state index is -0.00463. The predicted molar refractivity (Wildman–Crippen MR) is 144 cm³/mol. The summed E-state index contributed by atoms with van der Waals surface area (Å²) >= 11 is 1.66. The first-order valence-electron chi connectivity index (χ1n) is 11.8. The van der Waals surface area contributed by atoms with Gasteiger partial charge in [-0.1, -0.05) is 104 Å². The highest BCUT2D eigenvalue weighted by Crippen LogP contribution is 2.41. The molecular weight excluding hydrogens is 386 g/mol. The fraction of sp³-hybridized carbons (Fsp3) is 0.667. The number of thioether (sulfide) groups is 1. The number of allylic oxidation sites excluding steroid dienone is 3. The Morgan fingerprint density at radius 3 is 1.87 bits per heavy atom. The van der Waals surface area contributed by atoms with Crippen molar-refractivity contribution in [2.45, 2.75) is 113 Å². The van der Waals surface area contributed by atoms with Gasteiger partial charge < -0.3 is 4.74 Å². The van der Waals surface area contributed by atoms with Crippen molar-refractivity contribution in [2.75, 3.05) is 6.61 Å². The minimum absolute atomic E-state index is 0.00463. The van der Waals surface area contributed by atoms with Gasteiger partial charge in [0.25, 0.3) is 0 Å².